The molecule has 2 N–H and O–H groups in total. The zero-order chi connectivity index (χ0) is 8.97. The smallest absolute Gasteiger partial charge is 0.00226 e. The van der Waals surface area contributed by atoms with Crippen LogP contribution in [-0.2, 0) is 0 Å². The highest BCUT2D eigenvalue weighted by molar-refractivity contribution is 4.70. The van der Waals surface area contributed by atoms with E-state index in [2.05, 4.69) is 18.7 Å². The predicted octanol–water partition coefficient (Wildman–Crippen LogP) is 1.46. The second-order valence-electron chi connectivity index (χ2n) is 4.29. The van der Waals surface area contributed by atoms with Crippen molar-refractivity contribution < 1.29 is 0 Å². The van der Waals surface area contributed by atoms with Crippen molar-refractivity contribution in [3.8, 4) is 0 Å². The summed E-state index contributed by atoms with van der Waals surface area (Å²) in [6, 6.07) is 0.365. The lowest BCUT2D eigenvalue weighted by atomic mass is 9.99. The first-order valence-electron chi connectivity index (χ1n) is 5.16. The fraction of sp³-hybridized carbons (Fsp3) is 1.00. The Balaban J connectivity index is 2.09. The summed E-state index contributed by atoms with van der Waals surface area (Å²) in [4.78, 5) is 2.54. The third-order valence-corrected chi connectivity index (χ3v) is 2.78. The lowest BCUT2D eigenvalue weighted by Gasteiger charge is -2.30. The Bertz CT molecular complexity index is 115. The number of hydrogen-bond acceptors (Lipinski definition) is 2. The summed E-state index contributed by atoms with van der Waals surface area (Å²) in [5.41, 5.74) is 5.71. The van der Waals surface area contributed by atoms with E-state index in [1.165, 1.54) is 32.5 Å². The summed E-state index contributed by atoms with van der Waals surface area (Å²) in [6.07, 6.45) is 3.90. The average Bonchev–Trinajstić information content (AvgIpc) is 2.03. The minimum atomic E-state index is 0.365. The zero-order valence-corrected chi connectivity index (χ0v) is 8.42. The van der Waals surface area contributed by atoms with Crippen LogP contribution in [0, 0.1) is 5.92 Å². The molecule has 1 atom stereocenters. The van der Waals surface area contributed by atoms with Gasteiger partial charge in [0.25, 0.3) is 0 Å². The molecule has 0 aliphatic carbocycles. The van der Waals surface area contributed by atoms with Crippen molar-refractivity contribution in [3.05, 3.63) is 0 Å². The second-order valence-corrected chi connectivity index (χ2v) is 4.29. The van der Waals surface area contributed by atoms with E-state index < -0.39 is 0 Å². The summed E-state index contributed by atoms with van der Waals surface area (Å²) in [5, 5.41) is 0. The molecule has 0 spiro atoms. The van der Waals surface area contributed by atoms with Crippen molar-refractivity contribution in [3.63, 3.8) is 0 Å². The van der Waals surface area contributed by atoms with Gasteiger partial charge in [-0.2, -0.15) is 0 Å². The van der Waals surface area contributed by atoms with E-state index in [4.69, 9.17) is 5.73 Å². The molecule has 0 bridgehead atoms. The summed E-state index contributed by atoms with van der Waals surface area (Å²) in [7, 11) is 0. The molecule has 0 saturated carbocycles. The Kier molecular flexibility index (Phi) is 4.02. The maximum Gasteiger partial charge on any atom is 0.00226 e. The van der Waals surface area contributed by atoms with Crippen molar-refractivity contribution in [2.45, 2.75) is 39.2 Å². The molecule has 0 aromatic rings. The van der Waals surface area contributed by atoms with Crippen LogP contribution in [0.1, 0.15) is 33.1 Å². The molecule has 2 nitrogen and oxygen atoms in total. The van der Waals surface area contributed by atoms with Gasteiger partial charge in [0.15, 0.2) is 0 Å². The molecule has 72 valence electrons. The van der Waals surface area contributed by atoms with Crippen LogP contribution in [-0.4, -0.2) is 30.6 Å². The van der Waals surface area contributed by atoms with E-state index in [-0.39, 0.29) is 0 Å². The van der Waals surface area contributed by atoms with Gasteiger partial charge in [0.1, 0.15) is 0 Å². The summed E-state index contributed by atoms with van der Waals surface area (Å²) < 4.78 is 0. The fourth-order valence-corrected chi connectivity index (χ4v) is 1.67. The molecule has 1 fully saturated rings. The number of hydrogen-bond donors (Lipinski definition) is 1. The molecular weight excluding hydrogens is 148 g/mol. The standard InChI is InChI=1S/C10H22N2/c1-9-3-6-12(7-4-9)8-5-10(2)11/h9-10H,3-8,11H2,1-2H3. The van der Waals surface area contributed by atoms with Gasteiger partial charge in [0.05, 0.1) is 0 Å². The topological polar surface area (TPSA) is 29.3 Å². The highest BCUT2D eigenvalue weighted by Gasteiger charge is 2.14. The van der Waals surface area contributed by atoms with E-state index in [1.807, 2.05) is 0 Å². The normalized spacial score (nSPS) is 24.2. The highest BCUT2D eigenvalue weighted by atomic mass is 15.1. The molecular formula is C10H22N2. The van der Waals surface area contributed by atoms with E-state index >= 15 is 0 Å². The average molecular weight is 170 g/mol. The molecule has 1 aliphatic rings. The van der Waals surface area contributed by atoms with Crippen molar-refractivity contribution in [1.29, 1.82) is 0 Å². The monoisotopic (exact) mass is 170 g/mol. The molecule has 0 aromatic heterocycles. The van der Waals surface area contributed by atoms with Gasteiger partial charge in [-0.3, -0.25) is 0 Å². The van der Waals surface area contributed by atoms with Crippen LogP contribution < -0.4 is 5.73 Å². The Hall–Kier alpha value is -0.0800. The number of piperidine rings is 1. The third kappa shape index (κ3) is 3.55. The molecule has 1 aliphatic heterocycles. The van der Waals surface area contributed by atoms with Crippen LogP contribution >= 0.6 is 0 Å². The van der Waals surface area contributed by atoms with Gasteiger partial charge in [-0.25, -0.2) is 0 Å². The van der Waals surface area contributed by atoms with Crippen molar-refractivity contribution in [2.24, 2.45) is 11.7 Å². The number of likely N-dealkylation sites (tertiary alicyclic amines) is 1. The summed E-state index contributed by atoms with van der Waals surface area (Å²) in [5.74, 6) is 0.941. The predicted molar refractivity (Wildman–Crippen MR) is 53.1 cm³/mol. The Morgan fingerprint density at radius 3 is 2.50 bits per heavy atom. The van der Waals surface area contributed by atoms with Gasteiger partial charge in [0.2, 0.25) is 0 Å². The van der Waals surface area contributed by atoms with Crippen LogP contribution in [0.25, 0.3) is 0 Å². The Morgan fingerprint density at radius 2 is 2.00 bits per heavy atom. The van der Waals surface area contributed by atoms with Gasteiger partial charge in [-0.15, -0.1) is 0 Å². The summed E-state index contributed by atoms with van der Waals surface area (Å²) in [6.45, 7) is 8.21. The first-order chi connectivity index (χ1) is 5.68. The Labute approximate surface area is 76.1 Å². The van der Waals surface area contributed by atoms with Gasteiger partial charge < -0.3 is 10.6 Å². The molecule has 1 unspecified atom stereocenters. The first kappa shape index (κ1) is 10.0. The van der Waals surface area contributed by atoms with Gasteiger partial charge in [-0.05, 0) is 51.7 Å². The van der Waals surface area contributed by atoms with Crippen LogP contribution in [0.3, 0.4) is 0 Å². The van der Waals surface area contributed by atoms with E-state index in [9.17, 15) is 0 Å². The highest BCUT2D eigenvalue weighted by Crippen LogP contribution is 2.15. The maximum atomic E-state index is 5.71. The molecule has 1 rings (SSSR count). The van der Waals surface area contributed by atoms with Crippen LogP contribution in [0.5, 0.6) is 0 Å². The van der Waals surface area contributed by atoms with Gasteiger partial charge in [0, 0.05) is 6.04 Å². The molecule has 1 saturated heterocycles. The molecule has 0 radical (unpaired) electrons. The molecule has 12 heavy (non-hydrogen) atoms. The second kappa shape index (κ2) is 4.83. The number of rotatable bonds is 3. The fourth-order valence-electron chi connectivity index (χ4n) is 1.67. The van der Waals surface area contributed by atoms with E-state index in [0.29, 0.717) is 6.04 Å². The van der Waals surface area contributed by atoms with Crippen molar-refractivity contribution in [1.82, 2.24) is 4.90 Å². The largest absolute Gasteiger partial charge is 0.328 e. The van der Waals surface area contributed by atoms with Gasteiger partial charge in [-0.1, -0.05) is 6.92 Å². The van der Waals surface area contributed by atoms with Crippen LogP contribution in [0.2, 0.25) is 0 Å². The third-order valence-electron chi connectivity index (χ3n) is 2.78. The summed E-state index contributed by atoms with van der Waals surface area (Å²) >= 11 is 0. The van der Waals surface area contributed by atoms with E-state index in [1.54, 1.807) is 0 Å². The minimum Gasteiger partial charge on any atom is -0.328 e. The van der Waals surface area contributed by atoms with Crippen LogP contribution in [0.15, 0.2) is 0 Å². The van der Waals surface area contributed by atoms with Crippen LogP contribution in [0.4, 0.5) is 0 Å². The lowest BCUT2D eigenvalue weighted by Crippen LogP contribution is -2.35. The lowest BCUT2D eigenvalue weighted by molar-refractivity contribution is 0.188. The molecule has 0 amide bonds. The first-order valence-corrected chi connectivity index (χ1v) is 5.16. The zero-order valence-electron chi connectivity index (χ0n) is 8.42. The molecule has 1 heterocycles. The maximum absolute atomic E-state index is 5.71. The van der Waals surface area contributed by atoms with Crippen molar-refractivity contribution in [2.75, 3.05) is 19.6 Å². The Morgan fingerprint density at radius 1 is 1.42 bits per heavy atom. The van der Waals surface area contributed by atoms with Gasteiger partial charge >= 0.3 is 0 Å². The molecule has 0 aromatic carbocycles. The quantitative estimate of drug-likeness (QED) is 0.694. The molecule has 2 heteroatoms. The van der Waals surface area contributed by atoms with E-state index in [0.717, 1.165) is 12.3 Å². The SMILES string of the molecule is CC(N)CCN1CCC(C)CC1. The van der Waals surface area contributed by atoms with Crippen molar-refractivity contribution >= 4 is 0 Å². The number of nitrogens with zero attached hydrogens (tertiary/aromatic N) is 1. The minimum absolute atomic E-state index is 0.365. The number of nitrogens with two attached hydrogens (primary N) is 1.